The molecule has 2 aromatic carbocycles. The fraction of sp³-hybridized carbons (Fsp3) is 0.304. The summed E-state index contributed by atoms with van der Waals surface area (Å²) in [5, 5.41) is 6.60. The lowest BCUT2D eigenvalue weighted by atomic mass is 10.2. The van der Waals surface area contributed by atoms with Crippen LogP contribution in [0, 0.1) is 0 Å². The minimum atomic E-state index is -0.317. The fourth-order valence-corrected chi connectivity index (χ4v) is 5.24. The number of amides is 2. The lowest BCUT2D eigenvalue weighted by Crippen LogP contribution is -2.24. The first kappa shape index (κ1) is 25.9. The molecule has 1 heterocycles. The zero-order valence-electron chi connectivity index (χ0n) is 19.3. The highest BCUT2D eigenvalue weighted by Crippen LogP contribution is 2.30. The van der Waals surface area contributed by atoms with E-state index < -0.39 is 0 Å². The van der Waals surface area contributed by atoms with Crippen molar-refractivity contribution in [3.05, 3.63) is 48.0 Å². The predicted octanol–water partition coefficient (Wildman–Crippen LogP) is 5.43. The quantitative estimate of drug-likeness (QED) is 0.324. The van der Waals surface area contributed by atoms with Gasteiger partial charge in [0.2, 0.25) is 16.2 Å². The van der Waals surface area contributed by atoms with Gasteiger partial charge in [-0.05, 0) is 48.6 Å². The highest BCUT2D eigenvalue weighted by Gasteiger charge is 2.20. The van der Waals surface area contributed by atoms with Crippen LogP contribution in [-0.4, -0.2) is 46.4 Å². The number of hydrogen-bond acceptors (Lipinski definition) is 9. The molecule has 8 nitrogen and oxygen atoms in total. The third kappa shape index (κ3) is 6.87. The van der Waals surface area contributed by atoms with Gasteiger partial charge in [0, 0.05) is 27.7 Å². The van der Waals surface area contributed by atoms with Crippen molar-refractivity contribution in [2.75, 3.05) is 30.6 Å². The topological polar surface area (TPSA) is 102 Å². The molecular formula is C23H26N4O4S3. The van der Waals surface area contributed by atoms with Crippen molar-refractivity contribution in [3.63, 3.8) is 0 Å². The molecule has 0 fully saturated rings. The number of nitrogens with one attached hydrogen (secondary N) is 2. The van der Waals surface area contributed by atoms with E-state index in [2.05, 4.69) is 20.0 Å². The molecular weight excluding hydrogens is 492 g/mol. The van der Waals surface area contributed by atoms with Crippen LogP contribution in [0.5, 0.6) is 11.5 Å². The zero-order chi connectivity index (χ0) is 24.5. The Labute approximate surface area is 211 Å². The van der Waals surface area contributed by atoms with Gasteiger partial charge >= 0.3 is 0 Å². The van der Waals surface area contributed by atoms with Gasteiger partial charge in [0.1, 0.15) is 0 Å². The summed E-state index contributed by atoms with van der Waals surface area (Å²) in [5.74, 6) is 1.50. The third-order valence-electron chi connectivity index (χ3n) is 4.59. The summed E-state index contributed by atoms with van der Waals surface area (Å²) >= 11 is 4.14. The van der Waals surface area contributed by atoms with Crippen molar-refractivity contribution in [2.45, 2.75) is 35.6 Å². The van der Waals surface area contributed by atoms with Gasteiger partial charge in [0.05, 0.1) is 19.5 Å². The Bertz CT molecular complexity index is 1140. The molecule has 2 N–H and O–H groups in total. The summed E-state index contributed by atoms with van der Waals surface area (Å²) in [6.45, 7) is 3.98. The second-order valence-corrected chi connectivity index (χ2v) is 10.1. The highest BCUT2D eigenvalue weighted by atomic mass is 32.2. The summed E-state index contributed by atoms with van der Waals surface area (Å²) in [5.41, 5.74) is 1.07. The number of rotatable bonds is 11. The standard InChI is InChI=1S/C23H26N4O4S3/c1-5-19(21(29)25-22-26-23(27-34-22)32-6-2)33-16-9-7-8-15(13-16)24-20(28)14-10-11-17(30-3)18(12-14)31-4/h7-13,19H,5-6H2,1-4H3,(H,24,28)(H,25,26,27,29). The van der Waals surface area contributed by atoms with Crippen LogP contribution in [0.25, 0.3) is 0 Å². The van der Waals surface area contributed by atoms with E-state index >= 15 is 0 Å². The first-order valence-corrected chi connectivity index (χ1v) is 13.2. The zero-order valence-corrected chi connectivity index (χ0v) is 21.7. The fourth-order valence-electron chi connectivity index (χ4n) is 2.95. The number of benzene rings is 2. The van der Waals surface area contributed by atoms with Gasteiger partial charge in [-0.15, -0.1) is 11.8 Å². The maximum absolute atomic E-state index is 12.8. The molecule has 0 bridgehead atoms. The number of carbonyl (C=O) groups is 2. The van der Waals surface area contributed by atoms with Crippen molar-refractivity contribution >= 4 is 57.7 Å². The molecule has 2 amide bonds. The molecule has 0 saturated carbocycles. The Morgan fingerprint density at radius 1 is 1.06 bits per heavy atom. The summed E-state index contributed by atoms with van der Waals surface area (Å²) in [6, 6.07) is 12.4. The van der Waals surface area contributed by atoms with Crippen LogP contribution in [0.15, 0.2) is 52.5 Å². The van der Waals surface area contributed by atoms with E-state index in [0.717, 1.165) is 10.6 Å². The monoisotopic (exact) mass is 518 g/mol. The molecule has 1 unspecified atom stereocenters. The minimum absolute atomic E-state index is 0.128. The van der Waals surface area contributed by atoms with E-state index in [9.17, 15) is 9.59 Å². The molecule has 1 aromatic heterocycles. The van der Waals surface area contributed by atoms with Gasteiger partial charge in [-0.1, -0.05) is 31.7 Å². The second-order valence-electron chi connectivity index (χ2n) is 6.87. The molecule has 3 rings (SSSR count). The third-order valence-corrected chi connectivity index (χ3v) is 7.42. The Morgan fingerprint density at radius 3 is 2.56 bits per heavy atom. The smallest absolute Gasteiger partial charge is 0.255 e. The largest absolute Gasteiger partial charge is 0.493 e. The van der Waals surface area contributed by atoms with E-state index in [1.807, 2.05) is 32.0 Å². The van der Waals surface area contributed by atoms with E-state index in [0.29, 0.717) is 39.5 Å². The summed E-state index contributed by atoms with van der Waals surface area (Å²) in [4.78, 5) is 30.7. The van der Waals surface area contributed by atoms with E-state index in [1.165, 1.54) is 42.2 Å². The normalized spacial score (nSPS) is 11.5. The molecule has 180 valence electrons. The number of nitrogens with zero attached hydrogens (tertiary/aromatic N) is 2. The van der Waals surface area contributed by atoms with E-state index in [-0.39, 0.29) is 17.1 Å². The Hall–Kier alpha value is -2.76. The highest BCUT2D eigenvalue weighted by molar-refractivity contribution is 8.00. The molecule has 0 radical (unpaired) electrons. The van der Waals surface area contributed by atoms with Crippen LogP contribution in [0.1, 0.15) is 30.6 Å². The lowest BCUT2D eigenvalue weighted by Gasteiger charge is -2.14. The summed E-state index contributed by atoms with van der Waals surface area (Å²) in [7, 11) is 3.07. The molecule has 3 aromatic rings. The molecule has 0 aliphatic rings. The van der Waals surface area contributed by atoms with Crippen LogP contribution in [-0.2, 0) is 4.79 Å². The SMILES string of the molecule is CCSc1nsc(NC(=O)C(CC)Sc2cccc(NC(=O)c3ccc(OC)c(OC)c3)c2)n1. The lowest BCUT2D eigenvalue weighted by molar-refractivity contribution is -0.115. The number of aromatic nitrogens is 2. The molecule has 0 spiro atoms. The first-order valence-electron chi connectivity index (χ1n) is 10.5. The van der Waals surface area contributed by atoms with Crippen LogP contribution < -0.4 is 20.1 Å². The van der Waals surface area contributed by atoms with Crippen LogP contribution in [0.2, 0.25) is 0 Å². The summed E-state index contributed by atoms with van der Waals surface area (Å²) < 4.78 is 14.7. The predicted molar refractivity (Wildman–Crippen MR) is 139 cm³/mol. The first-order chi connectivity index (χ1) is 16.5. The molecule has 11 heteroatoms. The number of methoxy groups -OCH3 is 2. The second kappa shape index (κ2) is 12.6. The maximum atomic E-state index is 12.8. The van der Waals surface area contributed by atoms with Gasteiger partial charge in [-0.2, -0.15) is 9.36 Å². The van der Waals surface area contributed by atoms with Gasteiger partial charge in [-0.3, -0.25) is 14.9 Å². The van der Waals surface area contributed by atoms with Gasteiger partial charge in [-0.25, -0.2) is 0 Å². The molecule has 0 saturated heterocycles. The molecule has 34 heavy (non-hydrogen) atoms. The van der Waals surface area contributed by atoms with Gasteiger partial charge < -0.3 is 14.8 Å². The van der Waals surface area contributed by atoms with Crippen LogP contribution >= 0.6 is 35.1 Å². The van der Waals surface area contributed by atoms with E-state index in [4.69, 9.17) is 9.47 Å². The van der Waals surface area contributed by atoms with Gasteiger partial charge in [0.15, 0.2) is 11.5 Å². The molecule has 0 aliphatic carbocycles. The van der Waals surface area contributed by atoms with Crippen molar-refractivity contribution in [1.29, 1.82) is 0 Å². The van der Waals surface area contributed by atoms with Crippen molar-refractivity contribution in [3.8, 4) is 11.5 Å². The number of ether oxygens (including phenoxy) is 2. The van der Waals surface area contributed by atoms with Crippen molar-refractivity contribution < 1.29 is 19.1 Å². The van der Waals surface area contributed by atoms with Crippen LogP contribution in [0.4, 0.5) is 10.8 Å². The average Bonchev–Trinajstić information content (AvgIpc) is 3.29. The summed E-state index contributed by atoms with van der Waals surface area (Å²) in [6.07, 6.45) is 0.633. The Kier molecular flexibility index (Phi) is 9.61. The minimum Gasteiger partial charge on any atom is -0.493 e. The van der Waals surface area contributed by atoms with Gasteiger partial charge in [0.25, 0.3) is 5.91 Å². The number of anilines is 2. The Balaban J connectivity index is 1.65. The number of hydrogen-bond donors (Lipinski definition) is 2. The molecule has 0 aliphatic heterocycles. The Morgan fingerprint density at radius 2 is 1.85 bits per heavy atom. The molecule has 1 atom stereocenters. The van der Waals surface area contributed by atoms with Crippen molar-refractivity contribution in [1.82, 2.24) is 9.36 Å². The van der Waals surface area contributed by atoms with Crippen LogP contribution in [0.3, 0.4) is 0 Å². The maximum Gasteiger partial charge on any atom is 0.255 e. The average molecular weight is 519 g/mol. The van der Waals surface area contributed by atoms with E-state index in [1.54, 1.807) is 31.4 Å². The number of carbonyl (C=O) groups excluding carboxylic acids is 2. The van der Waals surface area contributed by atoms with Crippen molar-refractivity contribution in [2.24, 2.45) is 0 Å². The number of thioether (sulfide) groups is 2.